The van der Waals surface area contributed by atoms with E-state index in [1.54, 1.807) is 36.8 Å². The summed E-state index contributed by atoms with van der Waals surface area (Å²) in [6.07, 6.45) is 5.59. The van der Waals surface area contributed by atoms with Gasteiger partial charge < -0.3 is 10.1 Å². The first-order valence-electron chi connectivity index (χ1n) is 10.7. The van der Waals surface area contributed by atoms with Gasteiger partial charge in [-0.15, -0.1) is 11.3 Å². The van der Waals surface area contributed by atoms with Crippen molar-refractivity contribution in [3.63, 3.8) is 0 Å². The fourth-order valence-corrected chi connectivity index (χ4v) is 5.02. The Labute approximate surface area is 200 Å². The third kappa shape index (κ3) is 4.34. The second kappa shape index (κ2) is 9.34. The molecule has 0 fully saturated rings. The van der Waals surface area contributed by atoms with E-state index in [4.69, 9.17) is 4.74 Å². The molecule has 6 heteroatoms. The van der Waals surface area contributed by atoms with E-state index in [0.29, 0.717) is 12.1 Å². The zero-order valence-corrected chi connectivity index (χ0v) is 19.2. The molecule has 3 aromatic carbocycles. The summed E-state index contributed by atoms with van der Waals surface area (Å²) in [5.41, 5.74) is 3.63. The van der Waals surface area contributed by atoms with Crippen LogP contribution in [0.15, 0.2) is 72.9 Å². The minimum Gasteiger partial charge on any atom is -0.497 e. The third-order valence-corrected chi connectivity index (χ3v) is 6.78. The van der Waals surface area contributed by atoms with Gasteiger partial charge in [0.2, 0.25) is 0 Å². The van der Waals surface area contributed by atoms with Gasteiger partial charge in [0, 0.05) is 28.2 Å². The summed E-state index contributed by atoms with van der Waals surface area (Å²) in [5.74, 6) is 1.32. The van der Waals surface area contributed by atoms with E-state index in [1.165, 1.54) is 12.1 Å². The molecule has 0 atom stereocenters. The number of nitrogens with zero attached hydrogens (tertiary/aromatic N) is 2. The first-order chi connectivity index (χ1) is 16.6. The molecule has 166 valence electrons. The molecule has 0 radical (unpaired) electrons. The van der Waals surface area contributed by atoms with Gasteiger partial charge >= 0.3 is 0 Å². The molecule has 0 amide bonds. The molecule has 5 aromatic rings. The number of nitriles is 1. The minimum atomic E-state index is -0.248. The maximum Gasteiger partial charge on any atom is 0.135 e. The number of halogens is 1. The molecule has 5 rings (SSSR count). The van der Waals surface area contributed by atoms with Gasteiger partial charge in [-0.2, -0.15) is 5.26 Å². The van der Waals surface area contributed by atoms with Crippen molar-refractivity contribution in [1.29, 1.82) is 5.26 Å². The number of hydrogen-bond donors (Lipinski definition) is 1. The van der Waals surface area contributed by atoms with Crippen molar-refractivity contribution in [3.8, 4) is 11.8 Å². The van der Waals surface area contributed by atoms with Gasteiger partial charge in [-0.1, -0.05) is 48.6 Å². The van der Waals surface area contributed by atoms with Crippen LogP contribution in [-0.2, 0) is 6.54 Å². The molecule has 0 spiro atoms. The lowest BCUT2D eigenvalue weighted by Gasteiger charge is -2.09. The number of ether oxygens (including phenoxy) is 1. The van der Waals surface area contributed by atoms with E-state index in [2.05, 4.69) is 28.5 Å². The fraction of sp³-hybridized carbons (Fsp3) is 0.0714. The molecular formula is C28H20FN3OS. The number of thiophene rings is 1. The van der Waals surface area contributed by atoms with Gasteiger partial charge in [0.15, 0.2) is 0 Å². The Bertz CT molecular complexity index is 1550. The molecule has 2 heterocycles. The van der Waals surface area contributed by atoms with Crippen LogP contribution in [0.2, 0.25) is 0 Å². The number of aromatic nitrogens is 1. The van der Waals surface area contributed by atoms with Gasteiger partial charge in [0.05, 0.1) is 17.4 Å². The van der Waals surface area contributed by atoms with Crippen molar-refractivity contribution in [2.75, 3.05) is 12.4 Å². The van der Waals surface area contributed by atoms with Gasteiger partial charge in [-0.3, -0.25) is 0 Å². The van der Waals surface area contributed by atoms with Crippen LogP contribution < -0.4 is 10.1 Å². The highest BCUT2D eigenvalue weighted by molar-refractivity contribution is 7.26. The summed E-state index contributed by atoms with van der Waals surface area (Å²) < 4.78 is 20.4. The number of benzene rings is 3. The minimum absolute atomic E-state index is 0.248. The molecule has 0 bridgehead atoms. The summed E-state index contributed by atoms with van der Waals surface area (Å²) >= 11 is 1.59. The van der Waals surface area contributed by atoms with Crippen LogP contribution in [0.25, 0.3) is 32.3 Å². The van der Waals surface area contributed by atoms with Crippen LogP contribution in [0.3, 0.4) is 0 Å². The Morgan fingerprint density at radius 1 is 1.03 bits per heavy atom. The summed E-state index contributed by atoms with van der Waals surface area (Å²) in [5, 5.41) is 15.1. The lowest BCUT2D eigenvalue weighted by atomic mass is 10.1. The average molecular weight is 466 g/mol. The number of hydrogen-bond acceptors (Lipinski definition) is 5. The molecule has 0 aliphatic carbocycles. The normalized spacial score (nSPS) is 11.2. The highest BCUT2D eigenvalue weighted by Crippen LogP contribution is 2.39. The standard InChI is InChI=1S/C28H20FN3OS/c1-33-23-11-6-20(7-12-23)16-31-28-26-24-13-8-19(3-2-18-4-9-22(29)10-5-18)14-25(24)34-27(26)21(15-30)17-32-28/h2-14,17H,16H2,1H3,(H,31,32). The largest absolute Gasteiger partial charge is 0.497 e. The Hall–Kier alpha value is -4.21. The number of pyridine rings is 1. The van der Waals surface area contributed by atoms with E-state index in [9.17, 15) is 9.65 Å². The highest BCUT2D eigenvalue weighted by Gasteiger charge is 2.15. The van der Waals surface area contributed by atoms with E-state index in [0.717, 1.165) is 48.4 Å². The maximum absolute atomic E-state index is 13.1. The SMILES string of the molecule is COc1ccc(CNc2ncc(C#N)c3sc4cc(C=Cc5ccc(F)cc5)ccc4c23)cc1. The van der Waals surface area contributed by atoms with Crippen molar-refractivity contribution >= 4 is 49.5 Å². The van der Waals surface area contributed by atoms with Crippen molar-refractivity contribution in [3.05, 3.63) is 101 Å². The summed E-state index contributed by atoms with van der Waals surface area (Å²) in [6, 6.07) is 22.8. The molecule has 0 unspecified atom stereocenters. The Morgan fingerprint density at radius 3 is 2.50 bits per heavy atom. The molecule has 0 aliphatic rings. The van der Waals surface area contributed by atoms with Crippen molar-refractivity contribution < 1.29 is 9.13 Å². The summed E-state index contributed by atoms with van der Waals surface area (Å²) in [4.78, 5) is 4.56. The molecular weight excluding hydrogens is 445 g/mol. The lowest BCUT2D eigenvalue weighted by molar-refractivity contribution is 0.414. The zero-order chi connectivity index (χ0) is 23.5. The van der Waals surface area contributed by atoms with E-state index >= 15 is 0 Å². The third-order valence-electron chi connectivity index (χ3n) is 5.60. The van der Waals surface area contributed by atoms with E-state index < -0.39 is 0 Å². The lowest BCUT2D eigenvalue weighted by Crippen LogP contribution is -2.02. The first kappa shape index (κ1) is 21.6. The number of fused-ring (bicyclic) bond motifs is 3. The number of rotatable bonds is 6. The number of anilines is 1. The topological polar surface area (TPSA) is 57.9 Å². The van der Waals surface area contributed by atoms with Crippen LogP contribution in [0.1, 0.15) is 22.3 Å². The van der Waals surface area contributed by atoms with Crippen LogP contribution >= 0.6 is 11.3 Å². The smallest absolute Gasteiger partial charge is 0.135 e. The van der Waals surface area contributed by atoms with Crippen LogP contribution in [0.5, 0.6) is 5.75 Å². The van der Waals surface area contributed by atoms with E-state index in [-0.39, 0.29) is 5.82 Å². The molecule has 0 saturated heterocycles. The molecule has 34 heavy (non-hydrogen) atoms. The highest BCUT2D eigenvalue weighted by atomic mass is 32.1. The van der Waals surface area contributed by atoms with E-state index in [1.807, 2.05) is 42.5 Å². The van der Waals surface area contributed by atoms with Crippen molar-refractivity contribution in [2.45, 2.75) is 6.54 Å². The molecule has 2 aromatic heterocycles. The quantitative estimate of drug-likeness (QED) is 0.268. The second-order valence-electron chi connectivity index (χ2n) is 7.78. The fourth-order valence-electron chi connectivity index (χ4n) is 3.80. The van der Waals surface area contributed by atoms with Gasteiger partial charge in [-0.25, -0.2) is 9.37 Å². The predicted molar refractivity (Wildman–Crippen MR) is 137 cm³/mol. The molecule has 0 aliphatic heterocycles. The van der Waals surface area contributed by atoms with Crippen LogP contribution in [0.4, 0.5) is 10.2 Å². The molecule has 4 nitrogen and oxygen atoms in total. The second-order valence-corrected chi connectivity index (χ2v) is 8.83. The number of methoxy groups -OCH3 is 1. The Morgan fingerprint density at radius 2 is 1.76 bits per heavy atom. The van der Waals surface area contributed by atoms with Gasteiger partial charge in [0.25, 0.3) is 0 Å². The van der Waals surface area contributed by atoms with Crippen molar-refractivity contribution in [1.82, 2.24) is 4.98 Å². The Kier molecular flexibility index (Phi) is 5.94. The number of nitrogens with one attached hydrogen (secondary N) is 1. The molecule has 0 saturated carbocycles. The average Bonchev–Trinajstić information content (AvgIpc) is 3.26. The van der Waals surface area contributed by atoms with Crippen LogP contribution in [-0.4, -0.2) is 12.1 Å². The summed E-state index contributed by atoms with van der Waals surface area (Å²) in [6.45, 7) is 0.605. The van der Waals surface area contributed by atoms with Crippen LogP contribution in [0, 0.1) is 17.1 Å². The monoisotopic (exact) mass is 465 g/mol. The predicted octanol–water partition coefficient (Wildman–Crippen LogP) is 7.25. The maximum atomic E-state index is 13.1. The van der Waals surface area contributed by atoms with Gasteiger partial charge in [0.1, 0.15) is 23.5 Å². The van der Waals surface area contributed by atoms with Crippen molar-refractivity contribution in [2.24, 2.45) is 0 Å². The zero-order valence-electron chi connectivity index (χ0n) is 18.4. The molecule has 1 N–H and O–H groups in total. The summed E-state index contributed by atoms with van der Waals surface area (Å²) in [7, 11) is 1.65. The Balaban J connectivity index is 1.49. The first-order valence-corrected chi connectivity index (χ1v) is 11.5. The van der Waals surface area contributed by atoms with Gasteiger partial charge in [-0.05, 0) is 47.0 Å².